The highest BCUT2D eigenvalue weighted by molar-refractivity contribution is 5.83. The summed E-state index contributed by atoms with van der Waals surface area (Å²) in [6.07, 6.45) is 4.05. The fourth-order valence-corrected chi connectivity index (χ4v) is 2.79. The van der Waals surface area contributed by atoms with Crippen LogP contribution >= 0.6 is 0 Å². The van der Waals surface area contributed by atoms with Gasteiger partial charge in [0.2, 0.25) is 5.91 Å². The third-order valence-corrected chi connectivity index (χ3v) is 3.90. The summed E-state index contributed by atoms with van der Waals surface area (Å²) in [5.74, 6) is -0.504. The number of aliphatic carboxylic acids is 1. The van der Waals surface area contributed by atoms with Gasteiger partial charge in [0.05, 0.1) is 12.1 Å². The Labute approximate surface area is 117 Å². The molecule has 0 aromatic carbocycles. The van der Waals surface area contributed by atoms with Gasteiger partial charge in [-0.1, -0.05) is 18.0 Å². The van der Waals surface area contributed by atoms with Gasteiger partial charge in [-0.2, -0.15) is 0 Å². The summed E-state index contributed by atoms with van der Waals surface area (Å²) >= 11 is 0. The molecule has 110 valence electrons. The molecular formula is C14H20N2O4. The van der Waals surface area contributed by atoms with Gasteiger partial charge in [-0.05, 0) is 26.7 Å². The minimum Gasteiger partial charge on any atom is -0.480 e. The van der Waals surface area contributed by atoms with Crippen LogP contribution < -0.4 is 0 Å². The number of carbonyl (C=O) groups is 2. The zero-order valence-electron chi connectivity index (χ0n) is 11.9. The topological polar surface area (TPSA) is 83.6 Å². The third-order valence-electron chi connectivity index (χ3n) is 3.90. The molecule has 1 saturated carbocycles. The quantitative estimate of drug-likeness (QED) is 0.887. The Morgan fingerprint density at radius 2 is 2.00 bits per heavy atom. The van der Waals surface area contributed by atoms with Crippen LogP contribution in [0.1, 0.15) is 42.7 Å². The number of carbonyl (C=O) groups excluding carboxylic acids is 1. The van der Waals surface area contributed by atoms with E-state index in [4.69, 9.17) is 9.63 Å². The zero-order valence-corrected chi connectivity index (χ0v) is 11.9. The van der Waals surface area contributed by atoms with Crippen LogP contribution in [0.2, 0.25) is 0 Å². The summed E-state index contributed by atoms with van der Waals surface area (Å²) in [7, 11) is 0. The summed E-state index contributed by atoms with van der Waals surface area (Å²) < 4.78 is 5.05. The maximum absolute atomic E-state index is 12.4. The van der Waals surface area contributed by atoms with Crippen LogP contribution in [0.25, 0.3) is 0 Å². The second-order valence-corrected chi connectivity index (χ2v) is 5.33. The van der Waals surface area contributed by atoms with Gasteiger partial charge in [-0.15, -0.1) is 0 Å². The summed E-state index contributed by atoms with van der Waals surface area (Å²) in [4.78, 5) is 24.9. The maximum atomic E-state index is 12.4. The van der Waals surface area contributed by atoms with Crippen LogP contribution in [-0.4, -0.2) is 39.6 Å². The molecule has 1 aromatic heterocycles. The van der Waals surface area contributed by atoms with Gasteiger partial charge in [0, 0.05) is 11.6 Å². The van der Waals surface area contributed by atoms with Gasteiger partial charge in [-0.25, -0.2) is 0 Å². The van der Waals surface area contributed by atoms with E-state index in [0.29, 0.717) is 11.5 Å². The van der Waals surface area contributed by atoms with Crippen LogP contribution in [0.3, 0.4) is 0 Å². The van der Waals surface area contributed by atoms with Crippen LogP contribution in [0.4, 0.5) is 0 Å². The predicted molar refractivity (Wildman–Crippen MR) is 71.3 cm³/mol. The van der Waals surface area contributed by atoms with Crippen molar-refractivity contribution in [3.63, 3.8) is 0 Å². The van der Waals surface area contributed by atoms with Crippen LogP contribution in [0, 0.1) is 13.8 Å². The number of aryl methyl sites for hydroxylation is 2. The van der Waals surface area contributed by atoms with Crippen molar-refractivity contribution in [3.8, 4) is 0 Å². The minimum absolute atomic E-state index is 0.0547. The van der Waals surface area contributed by atoms with Gasteiger partial charge in [0.25, 0.3) is 0 Å². The van der Waals surface area contributed by atoms with Crippen molar-refractivity contribution in [2.24, 2.45) is 0 Å². The molecule has 1 aromatic rings. The van der Waals surface area contributed by atoms with Crippen LogP contribution in [-0.2, 0) is 16.0 Å². The van der Waals surface area contributed by atoms with E-state index in [-0.39, 0.29) is 24.9 Å². The fourth-order valence-electron chi connectivity index (χ4n) is 2.79. The van der Waals surface area contributed by atoms with Crippen LogP contribution in [0.15, 0.2) is 4.52 Å². The Bertz CT molecular complexity index is 484. The molecule has 1 aliphatic carbocycles. The number of rotatable bonds is 5. The lowest BCUT2D eigenvalue weighted by Crippen LogP contribution is -2.43. The van der Waals surface area contributed by atoms with Crippen molar-refractivity contribution in [2.75, 3.05) is 6.54 Å². The highest BCUT2D eigenvalue weighted by atomic mass is 16.5. The van der Waals surface area contributed by atoms with Gasteiger partial charge >= 0.3 is 5.97 Å². The molecule has 0 bridgehead atoms. The largest absolute Gasteiger partial charge is 0.480 e. The minimum atomic E-state index is -0.969. The second kappa shape index (κ2) is 6.07. The Hall–Kier alpha value is -1.85. The fraction of sp³-hybridized carbons (Fsp3) is 0.643. The standard InChI is InChI=1S/C14H20N2O4/c1-9-12(10(2)20-15-9)7-13(17)16(8-14(18)19)11-5-3-4-6-11/h11H,3-8H2,1-2H3,(H,18,19). The molecule has 1 N–H and O–H groups in total. The average Bonchev–Trinajstić information content (AvgIpc) is 3.01. The van der Waals surface area contributed by atoms with Crippen molar-refractivity contribution in [1.82, 2.24) is 10.1 Å². The van der Waals surface area contributed by atoms with Gasteiger partial charge in [0.1, 0.15) is 12.3 Å². The number of aromatic nitrogens is 1. The van der Waals surface area contributed by atoms with Crippen molar-refractivity contribution < 1.29 is 19.2 Å². The van der Waals surface area contributed by atoms with E-state index >= 15 is 0 Å². The molecule has 1 heterocycles. The highest BCUT2D eigenvalue weighted by Crippen LogP contribution is 2.24. The van der Waals surface area contributed by atoms with Gasteiger partial charge in [0.15, 0.2) is 0 Å². The predicted octanol–water partition coefficient (Wildman–Crippen LogP) is 1.69. The first-order chi connectivity index (χ1) is 9.49. The van der Waals surface area contributed by atoms with E-state index in [9.17, 15) is 9.59 Å². The van der Waals surface area contributed by atoms with Crippen LogP contribution in [0.5, 0.6) is 0 Å². The lowest BCUT2D eigenvalue weighted by Gasteiger charge is -2.27. The number of carboxylic acid groups (broad SMARTS) is 1. The molecule has 0 aliphatic heterocycles. The van der Waals surface area contributed by atoms with Crippen molar-refractivity contribution in [2.45, 2.75) is 52.0 Å². The number of hydrogen-bond acceptors (Lipinski definition) is 4. The molecule has 0 radical (unpaired) electrons. The Kier molecular flexibility index (Phi) is 4.42. The first-order valence-corrected chi connectivity index (χ1v) is 6.92. The van der Waals surface area contributed by atoms with E-state index in [2.05, 4.69) is 5.16 Å². The van der Waals surface area contributed by atoms with Crippen molar-refractivity contribution in [3.05, 3.63) is 17.0 Å². The number of hydrogen-bond donors (Lipinski definition) is 1. The zero-order chi connectivity index (χ0) is 14.7. The molecule has 1 aliphatic rings. The summed E-state index contributed by atoms with van der Waals surface area (Å²) in [5.41, 5.74) is 1.46. The molecule has 1 amide bonds. The molecule has 0 spiro atoms. The third kappa shape index (κ3) is 3.18. The van der Waals surface area contributed by atoms with Gasteiger partial charge in [-0.3, -0.25) is 9.59 Å². The molecule has 2 rings (SSSR count). The van der Waals surface area contributed by atoms with E-state index in [1.54, 1.807) is 13.8 Å². The van der Waals surface area contributed by atoms with E-state index < -0.39 is 5.97 Å². The van der Waals surface area contributed by atoms with Crippen molar-refractivity contribution in [1.29, 1.82) is 0 Å². The Morgan fingerprint density at radius 3 is 2.50 bits per heavy atom. The maximum Gasteiger partial charge on any atom is 0.323 e. The molecular weight excluding hydrogens is 260 g/mol. The summed E-state index contributed by atoms with van der Waals surface area (Å²) in [6.45, 7) is 3.32. The lowest BCUT2D eigenvalue weighted by atomic mass is 10.1. The van der Waals surface area contributed by atoms with Gasteiger partial charge < -0.3 is 14.5 Å². The van der Waals surface area contributed by atoms with E-state index in [1.165, 1.54) is 4.90 Å². The number of carboxylic acids is 1. The monoisotopic (exact) mass is 280 g/mol. The molecule has 0 atom stereocenters. The Morgan fingerprint density at radius 1 is 1.35 bits per heavy atom. The molecule has 6 nitrogen and oxygen atoms in total. The SMILES string of the molecule is Cc1noc(C)c1CC(=O)N(CC(=O)O)C1CCCC1. The summed E-state index contributed by atoms with van der Waals surface area (Å²) in [6, 6.07) is 0.0547. The molecule has 0 saturated heterocycles. The average molecular weight is 280 g/mol. The van der Waals surface area contributed by atoms with E-state index in [1.807, 2.05) is 0 Å². The molecule has 6 heteroatoms. The molecule has 0 unspecified atom stereocenters. The normalized spacial score (nSPS) is 15.5. The van der Waals surface area contributed by atoms with E-state index in [0.717, 1.165) is 31.2 Å². The first kappa shape index (κ1) is 14.6. The molecule has 1 fully saturated rings. The Balaban J connectivity index is 2.11. The smallest absolute Gasteiger partial charge is 0.323 e. The highest BCUT2D eigenvalue weighted by Gasteiger charge is 2.29. The number of amides is 1. The lowest BCUT2D eigenvalue weighted by molar-refractivity contribution is -0.145. The number of nitrogens with zero attached hydrogens (tertiary/aromatic N) is 2. The molecule has 20 heavy (non-hydrogen) atoms. The second-order valence-electron chi connectivity index (χ2n) is 5.33. The first-order valence-electron chi connectivity index (χ1n) is 6.92. The summed E-state index contributed by atoms with van der Waals surface area (Å²) in [5, 5.41) is 12.8. The van der Waals surface area contributed by atoms with Crippen molar-refractivity contribution >= 4 is 11.9 Å².